The van der Waals surface area contributed by atoms with Crippen LogP contribution in [0.1, 0.15) is 73.6 Å². The van der Waals surface area contributed by atoms with E-state index in [9.17, 15) is 9.59 Å². The molecule has 0 unspecified atom stereocenters. The molecule has 0 radical (unpaired) electrons. The lowest BCUT2D eigenvalue weighted by molar-refractivity contribution is -0.117. The van der Waals surface area contributed by atoms with E-state index in [1.165, 1.54) is 21.9 Å². The van der Waals surface area contributed by atoms with Crippen LogP contribution in [-0.2, 0) is 22.7 Å². The van der Waals surface area contributed by atoms with Gasteiger partial charge in [-0.05, 0) is 102 Å². The number of ether oxygens (including phenoxy) is 2. The van der Waals surface area contributed by atoms with Crippen molar-refractivity contribution in [2.24, 2.45) is 0 Å². The van der Waals surface area contributed by atoms with Crippen LogP contribution >= 0.6 is 22.6 Å². The zero-order valence-electron chi connectivity index (χ0n) is 26.4. The molecule has 0 N–H and O–H groups in total. The minimum atomic E-state index is -0.403. The van der Waals surface area contributed by atoms with Gasteiger partial charge >= 0.3 is 0 Å². The van der Waals surface area contributed by atoms with Gasteiger partial charge in [0.05, 0.1) is 10.2 Å². The van der Waals surface area contributed by atoms with Crippen molar-refractivity contribution in [3.05, 3.63) is 127 Å². The standard InChI is InChI=1S/C40H38INO4/c1-3-45-36-22-28(21-31(41)40(36)46-24-30-25(2)19-20-27-13-7-8-14-29(27)30)37-38-32(15-9-17-34(38)43)42(23-26-11-5-4-6-12-26)33-16-10-18-35(44)39(33)37/h4-8,11-14,19-22,37H,3,9-10,15-18,23-24H2,1-2H3. The highest BCUT2D eigenvalue weighted by Crippen LogP contribution is 2.51. The smallest absolute Gasteiger partial charge is 0.174 e. The first kappa shape index (κ1) is 30.7. The maximum Gasteiger partial charge on any atom is 0.174 e. The highest BCUT2D eigenvalue weighted by atomic mass is 127. The van der Waals surface area contributed by atoms with Crippen LogP contribution in [0.2, 0.25) is 0 Å². The molecule has 0 fully saturated rings. The summed E-state index contributed by atoms with van der Waals surface area (Å²) in [6, 6.07) is 27.2. The molecule has 0 amide bonds. The van der Waals surface area contributed by atoms with Gasteiger partial charge in [-0.2, -0.15) is 0 Å². The molecule has 0 bridgehead atoms. The van der Waals surface area contributed by atoms with Gasteiger partial charge in [0.25, 0.3) is 0 Å². The van der Waals surface area contributed by atoms with Gasteiger partial charge in [0.2, 0.25) is 0 Å². The molecule has 6 heteroatoms. The van der Waals surface area contributed by atoms with Gasteiger partial charge in [-0.3, -0.25) is 9.59 Å². The first-order chi connectivity index (χ1) is 22.4. The Labute approximate surface area is 284 Å². The van der Waals surface area contributed by atoms with E-state index in [0.717, 1.165) is 62.9 Å². The van der Waals surface area contributed by atoms with Gasteiger partial charge in [-0.15, -0.1) is 0 Å². The number of allylic oxidation sites excluding steroid dienone is 4. The van der Waals surface area contributed by atoms with Crippen molar-refractivity contribution in [2.45, 2.75) is 71.4 Å². The van der Waals surface area contributed by atoms with E-state index in [2.05, 4.69) is 89.0 Å². The molecule has 2 aliphatic carbocycles. The Hall–Kier alpha value is -3.91. The molecule has 1 aliphatic heterocycles. The van der Waals surface area contributed by atoms with E-state index < -0.39 is 5.92 Å². The van der Waals surface area contributed by atoms with Crippen LogP contribution in [0.5, 0.6) is 11.5 Å². The number of Topliss-reactive ketones (excluding diaryl/α,β-unsaturated/α-hetero) is 2. The van der Waals surface area contributed by atoms with Crippen LogP contribution in [0.3, 0.4) is 0 Å². The van der Waals surface area contributed by atoms with Crippen molar-refractivity contribution in [1.29, 1.82) is 0 Å². The van der Waals surface area contributed by atoms with E-state index >= 15 is 0 Å². The fourth-order valence-corrected chi connectivity index (χ4v) is 8.23. The SMILES string of the molecule is CCOc1cc(C2C3=C(CCCC3=O)N(Cc3ccccc3)C3=C2C(=O)CCC3)cc(I)c1OCc1c(C)ccc2ccccc12. The lowest BCUT2D eigenvalue weighted by atomic mass is 9.71. The number of carbonyl (C=O) groups excluding carboxylic acids is 2. The number of hydrogen-bond donors (Lipinski definition) is 0. The predicted octanol–water partition coefficient (Wildman–Crippen LogP) is 9.34. The lowest BCUT2D eigenvalue weighted by Crippen LogP contribution is -2.38. The summed E-state index contributed by atoms with van der Waals surface area (Å²) in [7, 11) is 0. The number of halogens is 1. The summed E-state index contributed by atoms with van der Waals surface area (Å²) in [6.07, 6.45) is 4.33. The third-order valence-electron chi connectivity index (χ3n) is 9.57. The molecule has 46 heavy (non-hydrogen) atoms. The van der Waals surface area contributed by atoms with Crippen LogP contribution in [0.4, 0.5) is 0 Å². The van der Waals surface area contributed by atoms with Gasteiger partial charge in [-0.25, -0.2) is 0 Å². The summed E-state index contributed by atoms with van der Waals surface area (Å²) in [4.78, 5) is 30.1. The zero-order valence-corrected chi connectivity index (χ0v) is 28.6. The van der Waals surface area contributed by atoms with Gasteiger partial charge < -0.3 is 14.4 Å². The van der Waals surface area contributed by atoms with E-state index in [1.54, 1.807) is 0 Å². The molecule has 5 nitrogen and oxygen atoms in total. The second-order valence-electron chi connectivity index (χ2n) is 12.4. The molecular formula is C40H38INO4. The topological polar surface area (TPSA) is 55.8 Å². The number of hydrogen-bond acceptors (Lipinski definition) is 5. The quantitative estimate of drug-likeness (QED) is 0.170. The summed E-state index contributed by atoms with van der Waals surface area (Å²) in [5.74, 6) is 1.22. The number of fused-ring (bicyclic) bond motifs is 1. The second-order valence-corrected chi connectivity index (χ2v) is 13.6. The molecule has 4 aromatic rings. The van der Waals surface area contributed by atoms with Crippen molar-refractivity contribution in [3.8, 4) is 11.5 Å². The average molecular weight is 724 g/mol. The fourth-order valence-electron chi connectivity index (χ4n) is 7.45. The van der Waals surface area contributed by atoms with E-state index in [0.29, 0.717) is 44.1 Å². The maximum absolute atomic E-state index is 13.9. The second kappa shape index (κ2) is 13.1. The Kier molecular flexibility index (Phi) is 8.73. The minimum Gasteiger partial charge on any atom is -0.490 e. The van der Waals surface area contributed by atoms with E-state index in [1.807, 2.05) is 31.2 Å². The molecule has 0 saturated carbocycles. The first-order valence-electron chi connectivity index (χ1n) is 16.3. The maximum atomic E-state index is 13.9. The van der Waals surface area contributed by atoms with Crippen molar-refractivity contribution in [2.75, 3.05) is 6.61 Å². The number of nitrogens with zero attached hydrogens (tertiary/aromatic N) is 1. The van der Waals surface area contributed by atoms with Crippen LogP contribution in [0.15, 0.2) is 101 Å². The molecule has 0 spiro atoms. The van der Waals surface area contributed by atoms with Crippen molar-refractivity contribution in [1.82, 2.24) is 4.90 Å². The van der Waals surface area contributed by atoms with Crippen LogP contribution in [0.25, 0.3) is 10.8 Å². The highest BCUT2D eigenvalue weighted by Gasteiger charge is 2.43. The van der Waals surface area contributed by atoms with Gasteiger partial charge in [0, 0.05) is 53.4 Å². The molecule has 1 heterocycles. The highest BCUT2D eigenvalue weighted by molar-refractivity contribution is 14.1. The van der Waals surface area contributed by atoms with Crippen molar-refractivity contribution >= 4 is 44.9 Å². The van der Waals surface area contributed by atoms with E-state index in [-0.39, 0.29) is 11.6 Å². The van der Waals surface area contributed by atoms with Crippen LogP contribution in [-0.4, -0.2) is 23.1 Å². The Morgan fingerprint density at radius 1 is 0.804 bits per heavy atom. The monoisotopic (exact) mass is 723 g/mol. The van der Waals surface area contributed by atoms with Gasteiger partial charge in [0.15, 0.2) is 23.1 Å². The summed E-state index contributed by atoms with van der Waals surface area (Å²) in [6.45, 7) is 5.62. The summed E-state index contributed by atoms with van der Waals surface area (Å²) < 4.78 is 13.7. The largest absolute Gasteiger partial charge is 0.490 e. The average Bonchev–Trinajstić information content (AvgIpc) is 3.06. The molecule has 0 aromatic heterocycles. The number of carbonyl (C=O) groups is 2. The number of rotatable bonds is 8. The van der Waals surface area contributed by atoms with Crippen LogP contribution in [0, 0.1) is 10.5 Å². The summed E-state index contributed by atoms with van der Waals surface area (Å²) in [5, 5.41) is 2.36. The number of aryl methyl sites for hydroxylation is 1. The van der Waals surface area contributed by atoms with Gasteiger partial charge in [0.1, 0.15) is 6.61 Å². The Balaban J connectivity index is 1.32. The molecule has 234 valence electrons. The number of ketones is 2. The third kappa shape index (κ3) is 5.65. The zero-order chi connectivity index (χ0) is 31.8. The van der Waals surface area contributed by atoms with Crippen molar-refractivity contribution < 1.29 is 19.1 Å². The molecule has 7 rings (SSSR count). The molecular weight excluding hydrogens is 685 g/mol. The van der Waals surface area contributed by atoms with Crippen LogP contribution < -0.4 is 9.47 Å². The molecule has 0 atom stereocenters. The van der Waals surface area contributed by atoms with Gasteiger partial charge in [-0.1, -0.05) is 66.7 Å². The molecule has 0 saturated heterocycles. The number of benzene rings is 4. The third-order valence-corrected chi connectivity index (χ3v) is 10.4. The summed E-state index contributed by atoms with van der Waals surface area (Å²) >= 11 is 2.32. The van der Waals surface area contributed by atoms with E-state index in [4.69, 9.17) is 9.47 Å². The fraction of sp³-hybridized carbons (Fsp3) is 0.300. The Morgan fingerprint density at radius 2 is 1.48 bits per heavy atom. The Morgan fingerprint density at radius 3 is 2.17 bits per heavy atom. The normalized spacial score (nSPS) is 17.0. The summed E-state index contributed by atoms with van der Waals surface area (Å²) in [5.41, 5.74) is 8.16. The lowest BCUT2D eigenvalue weighted by Gasteiger charge is -2.44. The first-order valence-corrected chi connectivity index (χ1v) is 17.4. The van der Waals surface area contributed by atoms with Crippen molar-refractivity contribution in [3.63, 3.8) is 0 Å². The predicted molar refractivity (Wildman–Crippen MR) is 190 cm³/mol. The molecule has 3 aliphatic rings. The minimum absolute atomic E-state index is 0.147. The Bertz CT molecular complexity index is 1860. The molecule has 4 aromatic carbocycles.